The average Bonchev–Trinajstić information content (AvgIpc) is 2.82. The van der Waals surface area contributed by atoms with E-state index in [0.29, 0.717) is 38.4 Å². The van der Waals surface area contributed by atoms with E-state index in [1.807, 2.05) is 37.3 Å². The molecule has 2 aromatic carbocycles. The van der Waals surface area contributed by atoms with Gasteiger partial charge in [-0.1, -0.05) is 42.5 Å². The lowest BCUT2D eigenvalue weighted by atomic mass is 10.0. The number of halogens is 1. The zero-order valence-electron chi connectivity index (χ0n) is 18.3. The van der Waals surface area contributed by atoms with Gasteiger partial charge in [-0.3, -0.25) is 0 Å². The van der Waals surface area contributed by atoms with E-state index in [1.165, 1.54) is 12.1 Å². The van der Waals surface area contributed by atoms with Crippen molar-refractivity contribution >= 4 is 15.8 Å². The van der Waals surface area contributed by atoms with Crippen LogP contribution in [0.5, 0.6) is 0 Å². The van der Waals surface area contributed by atoms with Crippen LogP contribution in [0.25, 0.3) is 11.4 Å². The minimum absolute atomic E-state index is 0.105. The van der Waals surface area contributed by atoms with Gasteiger partial charge in [0.2, 0.25) is 10.0 Å². The van der Waals surface area contributed by atoms with Crippen molar-refractivity contribution < 1.29 is 12.8 Å². The van der Waals surface area contributed by atoms with Crippen LogP contribution in [0.15, 0.2) is 54.6 Å². The third-order valence-corrected chi connectivity index (χ3v) is 7.70. The predicted octanol–water partition coefficient (Wildman–Crippen LogP) is 3.65. The molecule has 0 amide bonds. The predicted molar refractivity (Wildman–Crippen MR) is 125 cm³/mol. The smallest absolute Gasteiger partial charge is 0.213 e. The Bertz CT molecular complexity index is 1180. The van der Waals surface area contributed by atoms with Crippen molar-refractivity contribution in [3.63, 3.8) is 0 Å². The summed E-state index contributed by atoms with van der Waals surface area (Å²) < 4.78 is 39.5. The normalized spacial score (nSPS) is 15.2. The summed E-state index contributed by atoms with van der Waals surface area (Å²) in [6, 6.07) is 16.3. The lowest BCUT2D eigenvalue weighted by Crippen LogP contribution is -2.49. The van der Waals surface area contributed by atoms with Crippen LogP contribution < -0.4 is 4.90 Å². The topological polar surface area (TPSA) is 66.4 Å². The van der Waals surface area contributed by atoms with Crippen molar-refractivity contribution in [3.05, 3.63) is 77.2 Å². The molecule has 0 bridgehead atoms. The summed E-state index contributed by atoms with van der Waals surface area (Å²) >= 11 is 0. The zero-order valence-corrected chi connectivity index (χ0v) is 19.1. The summed E-state index contributed by atoms with van der Waals surface area (Å²) in [7, 11) is -3.21. The number of nitrogens with zero attached hydrogens (tertiary/aromatic N) is 4. The highest BCUT2D eigenvalue weighted by Gasteiger charge is 2.28. The van der Waals surface area contributed by atoms with E-state index >= 15 is 0 Å². The lowest BCUT2D eigenvalue weighted by Gasteiger charge is -2.35. The summed E-state index contributed by atoms with van der Waals surface area (Å²) in [5.74, 6) is 1.29. The van der Waals surface area contributed by atoms with Gasteiger partial charge in [0.25, 0.3) is 0 Å². The van der Waals surface area contributed by atoms with E-state index in [-0.39, 0.29) is 11.6 Å². The molecule has 0 saturated carbocycles. The van der Waals surface area contributed by atoms with Crippen LogP contribution in [-0.2, 0) is 16.4 Å². The number of sulfonamides is 1. The largest absolute Gasteiger partial charge is 0.354 e. The second-order valence-electron chi connectivity index (χ2n) is 7.89. The zero-order chi connectivity index (χ0) is 22.7. The Balaban J connectivity index is 1.70. The number of rotatable bonds is 6. The van der Waals surface area contributed by atoms with Crippen LogP contribution in [0, 0.1) is 12.7 Å². The number of hydrogen-bond acceptors (Lipinski definition) is 5. The number of anilines is 1. The first kappa shape index (κ1) is 22.4. The molecule has 0 radical (unpaired) electrons. The minimum atomic E-state index is -3.21. The molecule has 168 valence electrons. The molecule has 0 atom stereocenters. The van der Waals surface area contributed by atoms with Crippen molar-refractivity contribution in [1.82, 2.24) is 14.3 Å². The first-order valence-electron chi connectivity index (χ1n) is 10.8. The Morgan fingerprint density at radius 3 is 2.22 bits per heavy atom. The summed E-state index contributed by atoms with van der Waals surface area (Å²) in [5, 5.41) is 0. The van der Waals surface area contributed by atoms with E-state index < -0.39 is 10.0 Å². The van der Waals surface area contributed by atoms with Gasteiger partial charge >= 0.3 is 0 Å². The molecule has 0 spiro atoms. The monoisotopic (exact) mass is 454 g/mol. The first-order valence-corrected chi connectivity index (χ1v) is 12.4. The molecular weight excluding hydrogens is 427 g/mol. The maximum Gasteiger partial charge on any atom is 0.213 e. The van der Waals surface area contributed by atoms with E-state index in [9.17, 15) is 12.8 Å². The molecule has 8 heteroatoms. The Kier molecular flexibility index (Phi) is 6.53. The van der Waals surface area contributed by atoms with Gasteiger partial charge in [0.1, 0.15) is 11.6 Å². The second-order valence-corrected chi connectivity index (χ2v) is 10.1. The lowest BCUT2D eigenvalue weighted by molar-refractivity contribution is 0.384. The molecule has 2 heterocycles. The Hall–Kier alpha value is -2.84. The molecule has 0 N–H and O–H groups in total. The molecule has 1 aliphatic rings. The van der Waals surface area contributed by atoms with Crippen molar-refractivity contribution in [2.45, 2.75) is 20.3 Å². The summed E-state index contributed by atoms with van der Waals surface area (Å²) in [6.07, 6.45) is 0.573. The molecule has 6 nitrogen and oxygen atoms in total. The number of aryl methyl sites for hydroxylation is 1. The van der Waals surface area contributed by atoms with E-state index in [2.05, 4.69) is 4.90 Å². The van der Waals surface area contributed by atoms with E-state index in [0.717, 1.165) is 28.2 Å². The van der Waals surface area contributed by atoms with Gasteiger partial charge in [-0.05, 0) is 31.5 Å². The fourth-order valence-corrected chi connectivity index (χ4v) is 5.02. The van der Waals surface area contributed by atoms with E-state index in [1.54, 1.807) is 23.4 Å². The number of aromatic nitrogens is 2. The summed E-state index contributed by atoms with van der Waals surface area (Å²) in [4.78, 5) is 11.8. The van der Waals surface area contributed by atoms with Crippen LogP contribution in [0.1, 0.15) is 23.7 Å². The Morgan fingerprint density at radius 1 is 0.938 bits per heavy atom. The van der Waals surface area contributed by atoms with Crippen molar-refractivity contribution in [3.8, 4) is 11.4 Å². The van der Waals surface area contributed by atoms with Crippen molar-refractivity contribution in [2.75, 3.05) is 36.8 Å². The summed E-state index contributed by atoms with van der Waals surface area (Å²) in [6.45, 7) is 5.60. The summed E-state index contributed by atoms with van der Waals surface area (Å²) in [5.41, 5.74) is 3.74. The third-order valence-electron chi connectivity index (χ3n) is 5.81. The van der Waals surface area contributed by atoms with Gasteiger partial charge in [0.15, 0.2) is 5.82 Å². The highest BCUT2D eigenvalue weighted by Crippen LogP contribution is 2.28. The third kappa shape index (κ3) is 4.81. The molecule has 0 aliphatic carbocycles. The molecule has 1 aromatic heterocycles. The minimum Gasteiger partial charge on any atom is -0.354 e. The van der Waals surface area contributed by atoms with Crippen LogP contribution >= 0.6 is 0 Å². The van der Waals surface area contributed by atoms with Gasteiger partial charge in [-0.15, -0.1) is 0 Å². The Labute approximate surface area is 188 Å². The Morgan fingerprint density at radius 2 is 1.59 bits per heavy atom. The van der Waals surface area contributed by atoms with Crippen LogP contribution in [0.4, 0.5) is 10.2 Å². The molecular formula is C24H27FN4O2S. The van der Waals surface area contributed by atoms with Crippen molar-refractivity contribution in [1.29, 1.82) is 0 Å². The molecule has 3 aromatic rings. The van der Waals surface area contributed by atoms with Gasteiger partial charge in [0.05, 0.1) is 5.75 Å². The quantitative estimate of drug-likeness (QED) is 0.569. The second kappa shape index (κ2) is 9.34. The fourth-order valence-electron chi connectivity index (χ4n) is 3.93. The SMILES string of the molecule is CCS(=O)(=O)N1CCN(c2nc(-c3ccccc3)nc(C)c2Cc2ccc(F)cc2)CC1. The molecule has 1 fully saturated rings. The van der Waals surface area contributed by atoms with E-state index in [4.69, 9.17) is 9.97 Å². The highest BCUT2D eigenvalue weighted by atomic mass is 32.2. The number of hydrogen-bond donors (Lipinski definition) is 0. The molecule has 0 unspecified atom stereocenters. The number of benzene rings is 2. The standard InChI is InChI=1S/C24H27FN4O2S/c1-3-32(30,31)29-15-13-28(14-16-29)24-22(17-19-9-11-21(25)12-10-19)18(2)26-23(27-24)20-7-5-4-6-8-20/h4-12H,3,13-17H2,1-2H3. The maximum atomic E-state index is 13.4. The van der Waals surface area contributed by atoms with Crippen LogP contribution in [0.3, 0.4) is 0 Å². The van der Waals surface area contributed by atoms with Gasteiger partial charge in [-0.25, -0.2) is 22.8 Å². The molecule has 4 rings (SSSR count). The fraction of sp³-hybridized carbons (Fsp3) is 0.333. The first-order chi connectivity index (χ1) is 15.4. The van der Waals surface area contributed by atoms with Gasteiger partial charge in [0, 0.05) is 49.4 Å². The van der Waals surface area contributed by atoms with Crippen LogP contribution in [0.2, 0.25) is 0 Å². The molecule has 1 saturated heterocycles. The highest BCUT2D eigenvalue weighted by molar-refractivity contribution is 7.89. The van der Waals surface area contributed by atoms with Crippen LogP contribution in [-0.4, -0.2) is 54.6 Å². The number of piperazine rings is 1. The maximum absolute atomic E-state index is 13.4. The van der Waals surface area contributed by atoms with Gasteiger partial charge < -0.3 is 4.90 Å². The van der Waals surface area contributed by atoms with Gasteiger partial charge in [-0.2, -0.15) is 4.31 Å². The molecule has 1 aliphatic heterocycles. The average molecular weight is 455 g/mol. The molecule has 32 heavy (non-hydrogen) atoms. The van der Waals surface area contributed by atoms with Crippen molar-refractivity contribution in [2.24, 2.45) is 0 Å².